The summed E-state index contributed by atoms with van der Waals surface area (Å²) < 4.78 is 1.86. The van der Waals surface area contributed by atoms with Crippen LogP contribution in [-0.2, 0) is 6.54 Å². The van der Waals surface area contributed by atoms with Gasteiger partial charge in [0.05, 0.1) is 18.2 Å². The number of anilines is 1. The Kier molecular flexibility index (Phi) is 2.84. The van der Waals surface area contributed by atoms with E-state index < -0.39 is 0 Å². The van der Waals surface area contributed by atoms with E-state index in [0.29, 0.717) is 17.9 Å². The monoisotopic (exact) mass is 226 g/mol. The molecule has 0 radical (unpaired) electrons. The molecule has 0 spiro atoms. The maximum atomic E-state index is 8.81. The van der Waals surface area contributed by atoms with Gasteiger partial charge in [0, 0.05) is 11.8 Å². The first-order chi connectivity index (χ1) is 8.10. The molecule has 0 fully saturated rings. The van der Waals surface area contributed by atoms with Gasteiger partial charge < -0.3 is 5.73 Å². The third-order valence-electron chi connectivity index (χ3n) is 2.79. The number of hydrogen-bond donors (Lipinski definition) is 1. The van der Waals surface area contributed by atoms with Crippen molar-refractivity contribution in [3.8, 4) is 6.07 Å². The molecule has 0 saturated carbocycles. The van der Waals surface area contributed by atoms with Crippen molar-refractivity contribution < 1.29 is 0 Å². The first kappa shape index (κ1) is 11.2. The zero-order valence-electron chi connectivity index (χ0n) is 9.94. The molecule has 1 aromatic heterocycles. The minimum Gasteiger partial charge on any atom is -0.382 e. The molecule has 0 aliphatic carbocycles. The third kappa shape index (κ3) is 2.28. The summed E-state index contributed by atoms with van der Waals surface area (Å²) in [5.41, 5.74) is 9.60. The van der Waals surface area contributed by atoms with E-state index in [1.165, 1.54) is 0 Å². The highest BCUT2D eigenvalue weighted by atomic mass is 15.3. The molecule has 2 aromatic rings. The lowest BCUT2D eigenvalue weighted by Gasteiger charge is -2.08. The van der Waals surface area contributed by atoms with E-state index >= 15 is 0 Å². The van der Waals surface area contributed by atoms with E-state index in [2.05, 4.69) is 11.2 Å². The van der Waals surface area contributed by atoms with Gasteiger partial charge in [-0.25, -0.2) is 0 Å². The number of nitrogen functional groups attached to an aromatic ring is 1. The number of nitrogens with zero attached hydrogens (tertiary/aromatic N) is 3. The van der Waals surface area contributed by atoms with Crippen LogP contribution in [0, 0.1) is 25.2 Å². The Balaban J connectivity index is 2.31. The molecule has 0 amide bonds. The molecule has 0 saturated heterocycles. The van der Waals surface area contributed by atoms with Crippen molar-refractivity contribution in [3.05, 3.63) is 46.6 Å². The zero-order valence-corrected chi connectivity index (χ0v) is 9.94. The summed E-state index contributed by atoms with van der Waals surface area (Å²) in [5, 5.41) is 13.0. The average Bonchev–Trinajstić information content (AvgIpc) is 2.60. The van der Waals surface area contributed by atoms with Crippen LogP contribution >= 0.6 is 0 Å². The lowest BCUT2D eigenvalue weighted by atomic mass is 10.1. The fraction of sp³-hybridized carbons (Fsp3) is 0.231. The molecule has 0 aliphatic heterocycles. The molecule has 4 nitrogen and oxygen atoms in total. The van der Waals surface area contributed by atoms with Crippen LogP contribution in [0.1, 0.15) is 22.4 Å². The first-order valence-electron chi connectivity index (χ1n) is 5.39. The molecule has 17 heavy (non-hydrogen) atoms. The van der Waals surface area contributed by atoms with Gasteiger partial charge in [0.25, 0.3) is 0 Å². The van der Waals surface area contributed by atoms with Crippen LogP contribution in [-0.4, -0.2) is 9.78 Å². The largest absolute Gasteiger partial charge is 0.382 e. The van der Waals surface area contributed by atoms with Crippen molar-refractivity contribution in [2.24, 2.45) is 0 Å². The second-order valence-corrected chi connectivity index (χ2v) is 4.12. The number of aromatic nitrogens is 2. The van der Waals surface area contributed by atoms with E-state index in [4.69, 9.17) is 11.0 Å². The second-order valence-electron chi connectivity index (χ2n) is 4.12. The van der Waals surface area contributed by atoms with Crippen LogP contribution in [0.3, 0.4) is 0 Å². The van der Waals surface area contributed by atoms with Crippen LogP contribution in [0.4, 0.5) is 5.82 Å². The van der Waals surface area contributed by atoms with Gasteiger partial charge in [-0.05, 0) is 37.1 Å². The van der Waals surface area contributed by atoms with E-state index in [0.717, 1.165) is 16.8 Å². The summed E-state index contributed by atoms with van der Waals surface area (Å²) in [6.45, 7) is 4.65. The molecule has 1 heterocycles. The molecule has 0 aliphatic rings. The van der Waals surface area contributed by atoms with Crippen molar-refractivity contribution >= 4 is 5.82 Å². The maximum absolute atomic E-state index is 8.81. The highest BCUT2D eigenvalue weighted by Gasteiger charge is 2.05. The number of rotatable bonds is 2. The Hall–Kier alpha value is -2.28. The van der Waals surface area contributed by atoms with Crippen LogP contribution in [0.25, 0.3) is 0 Å². The van der Waals surface area contributed by atoms with Crippen LogP contribution in [0.5, 0.6) is 0 Å². The Labute approximate surface area is 100 Å². The van der Waals surface area contributed by atoms with Gasteiger partial charge in [-0.2, -0.15) is 10.4 Å². The fourth-order valence-electron chi connectivity index (χ4n) is 1.80. The van der Waals surface area contributed by atoms with E-state index in [1.54, 1.807) is 0 Å². The quantitative estimate of drug-likeness (QED) is 0.851. The molecular weight excluding hydrogens is 212 g/mol. The minimum absolute atomic E-state index is 0.536. The van der Waals surface area contributed by atoms with Crippen LogP contribution in [0.2, 0.25) is 0 Å². The fourth-order valence-corrected chi connectivity index (χ4v) is 1.80. The number of aryl methyl sites for hydroxylation is 2. The van der Waals surface area contributed by atoms with Gasteiger partial charge in [-0.1, -0.05) is 6.07 Å². The van der Waals surface area contributed by atoms with Gasteiger partial charge in [0.2, 0.25) is 0 Å². The van der Waals surface area contributed by atoms with Crippen molar-refractivity contribution in [1.29, 1.82) is 5.26 Å². The Morgan fingerprint density at radius 2 is 2.12 bits per heavy atom. The second kappa shape index (κ2) is 4.30. The van der Waals surface area contributed by atoms with Gasteiger partial charge >= 0.3 is 0 Å². The smallest absolute Gasteiger partial charge is 0.145 e. The molecule has 0 unspecified atom stereocenters. The summed E-state index contributed by atoms with van der Waals surface area (Å²) in [5.74, 6) is 0.536. The van der Waals surface area contributed by atoms with Crippen molar-refractivity contribution in [1.82, 2.24) is 9.78 Å². The van der Waals surface area contributed by atoms with E-state index in [-0.39, 0.29) is 0 Å². The molecule has 2 rings (SSSR count). The van der Waals surface area contributed by atoms with E-state index in [1.807, 2.05) is 42.8 Å². The van der Waals surface area contributed by atoms with Gasteiger partial charge in [-0.3, -0.25) is 4.68 Å². The minimum atomic E-state index is 0.536. The highest BCUT2D eigenvalue weighted by Crippen LogP contribution is 2.14. The average molecular weight is 226 g/mol. The number of hydrogen-bond acceptors (Lipinski definition) is 3. The summed E-state index contributed by atoms with van der Waals surface area (Å²) in [7, 11) is 0. The summed E-state index contributed by atoms with van der Waals surface area (Å²) in [4.78, 5) is 0. The van der Waals surface area contributed by atoms with Gasteiger partial charge in [0.15, 0.2) is 0 Å². The number of nitriles is 1. The predicted molar refractivity (Wildman–Crippen MR) is 66.4 cm³/mol. The van der Waals surface area contributed by atoms with Gasteiger partial charge in [-0.15, -0.1) is 0 Å². The molecule has 1 aromatic carbocycles. The van der Waals surface area contributed by atoms with E-state index in [9.17, 15) is 0 Å². The molecule has 4 heteroatoms. The third-order valence-corrected chi connectivity index (χ3v) is 2.79. The first-order valence-corrected chi connectivity index (χ1v) is 5.39. The highest BCUT2D eigenvalue weighted by molar-refractivity contribution is 5.38. The molecule has 0 bridgehead atoms. The van der Waals surface area contributed by atoms with Crippen molar-refractivity contribution in [3.63, 3.8) is 0 Å². The SMILES string of the molecule is Cc1cc(C#N)ccc1Cn1nc(N)cc1C. The van der Waals surface area contributed by atoms with Crippen LogP contribution in [0.15, 0.2) is 24.3 Å². The number of benzene rings is 1. The van der Waals surface area contributed by atoms with Crippen molar-refractivity contribution in [2.45, 2.75) is 20.4 Å². The lowest BCUT2D eigenvalue weighted by Crippen LogP contribution is -2.05. The van der Waals surface area contributed by atoms with Gasteiger partial charge in [0.1, 0.15) is 5.82 Å². The standard InChI is InChI=1S/C13H14N4/c1-9-5-11(7-14)3-4-12(9)8-17-10(2)6-13(15)16-17/h3-6H,8H2,1-2H3,(H2,15,16). The Morgan fingerprint density at radius 1 is 1.35 bits per heavy atom. The molecule has 2 N–H and O–H groups in total. The summed E-state index contributed by atoms with van der Waals surface area (Å²) >= 11 is 0. The topological polar surface area (TPSA) is 67.6 Å². The molecular formula is C13H14N4. The normalized spacial score (nSPS) is 10.2. The summed E-state index contributed by atoms with van der Waals surface area (Å²) in [6, 6.07) is 9.65. The van der Waals surface area contributed by atoms with Crippen LogP contribution < -0.4 is 5.73 Å². The predicted octanol–water partition coefficient (Wildman–Crippen LogP) is 2.00. The summed E-state index contributed by atoms with van der Waals surface area (Å²) in [6.07, 6.45) is 0. The maximum Gasteiger partial charge on any atom is 0.145 e. The molecule has 0 atom stereocenters. The lowest BCUT2D eigenvalue weighted by molar-refractivity contribution is 0.665. The Bertz CT molecular complexity index is 590. The number of nitrogens with two attached hydrogens (primary N) is 1. The Morgan fingerprint density at radius 3 is 2.65 bits per heavy atom. The zero-order chi connectivity index (χ0) is 12.4. The van der Waals surface area contributed by atoms with Crippen molar-refractivity contribution in [2.75, 3.05) is 5.73 Å². The molecule has 86 valence electrons.